The van der Waals surface area contributed by atoms with Gasteiger partial charge in [0.1, 0.15) is 0 Å². The molecule has 3 nitrogen and oxygen atoms in total. The lowest BCUT2D eigenvalue weighted by molar-refractivity contribution is -0.125. The lowest BCUT2D eigenvalue weighted by Crippen LogP contribution is -2.40. The zero-order valence-electron chi connectivity index (χ0n) is 11.9. The normalized spacial score (nSPS) is 13.9. The first-order valence-electron chi connectivity index (χ1n) is 6.76. The van der Waals surface area contributed by atoms with E-state index in [0.29, 0.717) is 12.6 Å². The molecule has 2 N–H and O–H groups in total. The van der Waals surface area contributed by atoms with Crippen LogP contribution in [-0.4, -0.2) is 25.5 Å². The van der Waals surface area contributed by atoms with E-state index < -0.39 is 0 Å². The minimum atomic E-state index is 0.0401. The second kappa shape index (κ2) is 8.33. The molecule has 0 heterocycles. The van der Waals surface area contributed by atoms with E-state index in [2.05, 4.69) is 52.5 Å². The first-order valence-corrected chi connectivity index (χ1v) is 7.55. The van der Waals surface area contributed by atoms with Crippen molar-refractivity contribution < 1.29 is 4.79 Å². The molecule has 106 valence electrons. The smallest absolute Gasteiger partial charge is 0.223 e. The van der Waals surface area contributed by atoms with Gasteiger partial charge in [-0.25, -0.2) is 0 Å². The number of hydrogen-bond acceptors (Lipinski definition) is 2. The van der Waals surface area contributed by atoms with Crippen LogP contribution >= 0.6 is 15.9 Å². The zero-order chi connectivity index (χ0) is 14.3. The fourth-order valence-corrected chi connectivity index (χ4v) is 2.32. The number of benzene rings is 1. The molecule has 2 atom stereocenters. The highest BCUT2D eigenvalue weighted by molar-refractivity contribution is 9.10. The Bertz CT molecular complexity index is 409. The summed E-state index contributed by atoms with van der Waals surface area (Å²) in [6.45, 7) is 4.78. The Morgan fingerprint density at radius 3 is 2.74 bits per heavy atom. The maximum absolute atomic E-state index is 12.1. The van der Waals surface area contributed by atoms with Gasteiger partial charge in [0.15, 0.2) is 0 Å². The summed E-state index contributed by atoms with van der Waals surface area (Å²) in [5, 5.41) is 6.12. The van der Waals surface area contributed by atoms with Crippen LogP contribution in [0.4, 0.5) is 0 Å². The van der Waals surface area contributed by atoms with Crippen LogP contribution in [0.25, 0.3) is 0 Å². The van der Waals surface area contributed by atoms with Gasteiger partial charge in [-0.15, -0.1) is 0 Å². The quantitative estimate of drug-likeness (QED) is 0.808. The lowest BCUT2D eigenvalue weighted by Gasteiger charge is -2.17. The molecule has 1 amide bonds. The third kappa shape index (κ3) is 5.74. The first kappa shape index (κ1) is 16.2. The fourth-order valence-electron chi connectivity index (χ4n) is 1.87. The van der Waals surface area contributed by atoms with Gasteiger partial charge in [0.25, 0.3) is 0 Å². The number of nitrogens with one attached hydrogen (secondary N) is 2. The van der Waals surface area contributed by atoms with Crippen molar-refractivity contribution in [1.29, 1.82) is 0 Å². The molecule has 0 saturated heterocycles. The summed E-state index contributed by atoms with van der Waals surface area (Å²) in [6.07, 6.45) is 1.64. The van der Waals surface area contributed by atoms with Gasteiger partial charge in [-0.1, -0.05) is 35.0 Å². The molecule has 0 aliphatic carbocycles. The lowest BCUT2D eigenvalue weighted by atomic mass is 9.96. The van der Waals surface area contributed by atoms with Crippen LogP contribution in [0, 0.1) is 5.92 Å². The van der Waals surface area contributed by atoms with E-state index in [4.69, 9.17) is 0 Å². The monoisotopic (exact) mass is 326 g/mol. The van der Waals surface area contributed by atoms with Crippen molar-refractivity contribution >= 4 is 21.8 Å². The number of halogens is 1. The third-order valence-corrected chi connectivity index (χ3v) is 3.80. The predicted molar refractivity (Wildman–Crippen MR) is 83.2 cm³/mol. The van der Waals surface area contributed by atoms with E-state index in [9.17, 15) is 4.79 Å². The molecule has 0 saturated carbocycles. The van der Waals surface area contributed by atoms with Crippen molar-refractivity contribution in [3.63, 3.8) is 0 Å². The van der Waals surface area contributed by atoms with Crippen molar-refractivity contribution in [1.82, 2.24) is 10.6 Å². The molecular weight excluding hydrogens is 304 g/mol. The summed E-state index contributed by atoms with van der Waals surface area (Å²) < 4.78 is 1.06. The average molecular weight is 327 g/mol. The number of likely N-dealkylation sites (N-methyl/N-ethyl adjacent to an activating group) is 1. The molecule has 0 fully saturated rings. The van der Waals surface area contributed by atoms with Crippen molar-refractivity contribution in [3.05, 3.63) is 34.3 Å². The number of hydrogen-bond donors (Lipinski definition) is 2. The van der Waals surface area contributed by atoms with Crippen molar-refractivity contribution in [2.75, 3.05) is 13.6 Å². The SMILES string of the molecule is CCC(Cc1cccc(Br)c1)C(=O)NCC(C)NC. The van der Waals surface area contributed by atoms with Crippen molar-refractivity contribution in [2.24, 2.45) is 5.92 Å². The summed E-state index contributed by atoms with van der Waals surface area (Å²) in [5.41, 5.74) is 1.19. The average Bonchev–Trinajstić information content (AvgIpc) is 2.41. The van der Waals surface area contributed by atoms with Crippen LogP contribution in [0.5, 0.6) is 0 Å². The Balaban J connectivity index is 2.55. The Morgan fingerprint density at radius 1 is 1.42 bits per heavy atom. The van der Waals surface area contributed by atoms with E-state index in [0.717, 1.165) is 17.3 Å². The number of amides is 1. The van der Waals surface area contributed by atoms with Crippen molar-refractivity contribution in [2.45, 2.75) is 32.7 Å². The molecule has 0 radical (unpaired) electrons. The Labute approximate surface area is 124 Å². The van der Waals surface area contributed by atoms with Gasteiger partial charge in [-0.05, 0) is 44.5 Å². The standard InChI is InChI=1S/C15H23BrN2O/c1-4-13(15(19)18-10-11(2)17-3)8-12-6-5-7-14(16)9-12/h5-7,9,11,13,17H,4,8,10H2,1-3H3,(H,18,19). The van der Waals surface area contributed by atoms with Crippen LogP contribution in [0.2, 0.25) is 0 Å². The highest BCUT2D eigenvalue weighted by Crippen LogP contribution is 2.17. The molecule has 2 unspecified atom stereocenters. The minimum Gasteiger partial charge on any atom is -0.354 e. The molecular formula is C15H23BrN2O. The van der Waals surface area contributed by atoms with Crippen LogP contribution in [-0.2, 0) is 11.2 Å². The number of carbonyl (C=O) groups excluding carboxylic acids is 1. The van der Waals surface area contributed by atoms with E-state index in [1.165, 1.54) is 5.56 Å². The van der Waals surface area contributed by atoms with Crippen LogP contribution in [0.3, 0.4) is 0 Å². The second-order valence-electron chi connectivity index (χ2n) is 4.87. The molecule has 1 aromatic rings. The Morgan fingerprint density at radius 2 is 2.16 bits per heavy atom. The molecule has 0 aliphatic rings. The fraction of sp³-hybridized carbons (Fsp3) is 0.533. The topological polar surface area (TPSA) is 41.1 Å². The van der Waals surface area contributed by atoms with Gasteiger partial charge < -0.3 is 10.6 Å². The summed E-state index contributed by atoms with van der Waals surface area (Å²) in [7, 11) is 1.90. The largest absolute Gasteiger partial charge is 0.354 e. The first-order chi connectivity index (χ1) is 9.06. The van der Waals surface area contributed by atoms with E-state index in [1.54, 1.807) is 0 Å². The van der Waals surface area contributed by atoms with E-state index in [-0.39, 0.29) is 11.8 Å². The molecule has 1 aromatic carbocycles. The highest BCUT2D eigenvalue weighted by atomic mass is 79.9. The van der Waals surface area contributed by atoms with Gasteiger partial charge in [-0.3, -0.25) is 4.79 Å². The van der Waals surface area contributed by atoms with E-state index >= 15 is 0 Å². The van der Waals surface area contributed by atoms with Crippen molar-refractivity contribution in [3.8, 4) is 0 Å². The molecule has 0 aliphatic heterocycles. The molecule has 0 bridgehead atoms. The van der Waals surface area contributed by atoms with E-state index in [1.807, 2.05) is 19.2 Å². The molecule has 19 heavy (non-hydrogen) atoms. The van der Waals surface area contributed by atoms with Gasteiger partial charge in [0.05, 0.1) is 0 Å². The summed E-state index contributed by atoms with van der Waals surface area (Å²) in [5.74, 6) is 0.183. The maximum Gasteiger partial charge on any atom is 0.223 e. The van der Waals surface area contributed by atoms with Gasteiger partial charge in [-0.2, -0.15) is 0 Å². The van der Waals surface area contributed by atoms with Gasteiger partial charge >= 0.3 is 0 Å². The van der Waals surface area contributed by atoms with Gasteiger partial charge in [0.2, 0.25) is 5.91 Å². The van der Waals surface area contributed by atoms with Crippen LogP contribution < -0.4 is 10.6 Å². The summed E-state index contributed by atoms with van der Waals surface area (Å²) in [6, 6.07) is 8.45. The predicted octanol–water partition coefficient (Wildman–Crippen LogP) is 2.74. The minimum absolute atomic E-state index is 0.0401. The number of rotatable bonds is 7. The second-order valence-corrected chi connectivity index (χ2v) is 5.79. The Hall–Kier alpha value is -0.870. The van der Waals surface area contributed by atoms with Crippen LogP contribution in [0.15, 0.2) is 28.7 Å². The molecule has 1 rings (SSSR count). The maximum atomic E-state index is 12.1. The Kier molecular flexibility index (Phi) is 7.10. The van der Waals surface area contributed by atoms with Crippen LogP contribution in [0.1, 0.15) is 25.8 Å². The summed E-state index contributed by atoms with van der Waals surface area (Å²) in [4.78, 5) is 12.1. The third-order valence-electron chi connectivity index (χ3n) is 3.31. The molecule has 0 aromatic heterocycles. The zero-order valence-corrected chi connectivity index (χ0v) is 13.5. The number of carbonyl (C=O) groups is 1. The molecule has 4 heteroatoms. The molecule has 0 spiro atoms. The van der Waals surface area contributed by atoms with Gasteiger partial charge in [0, 0.05) is 23.0 Å². The summed E-state index contributed by atoms with van der Waals surface area (Å²) >= 11 is 3.46. The highest BCUT2D eigenvalue weighted by Gasteiger charge is 2.17.